The Labute approximate surface area is 169 Å². The van der Waals surface area contributed by atoms with Crippen molar-refractivity contribution in [3.05, 3.63) is 54.0 Å². The van der Waals surface area contributed by atoms with Crippen LogP contribution in [0.5, 0.6) is 0 Å². The summed E-state index contributed by atoms with van der Waals surface area (Å²) in [5.41, 5.74) is 0.176. The minimum Gasteiger partial charge on any atom is -0.468 e. The molecule has 8 nitrogen and oxygen atoms in total. The number of nitrogens with one attached hydrogen (secondary N) is 1. The van der Waals surface area contributed by atoms with Gasteiger partial charge in [0.1, 0.15) is 5.76 Å². The molecule has 0 spiro atoms. The van der Waals surface area contributed by atoms with Crippen molar-refractivity contribution in [2.75, 3.05) is 19.7 Å². The molecule has 0 radical (unpaired) electrons. The topological polar surface area (TPSA) is 106 Å². The smallest absolute Gasteiger partial charge is 0.338 e. The van der Waals surface area contributed by atoms with E-state index in [1.165, 1.54) is 30.5 Å². The van der Waals surface area contributed by atoms with Gasteiger partial charge in [-0.15, -0.1) is 0 Å². The number of rotatable bonds is 7. The van der Waals surface area contributed by atoms with Crippen LogP contribution in [0.25, 0.3) is 0 Å². The van der Waals surface area contributed by atoms with Gasteiger partial charge in [-0.05, 0) is 55.2 Å². The van der Waals surface area contributed by atoms with E-state index in [1.54, 1.807) is 17.0 Å². The van der Waals surface area contributed by atoms with E-state index in [0.29, 0.717) is 24.8 Å². The van der Waals surface area contributed by atoms with Crippen LogP contribution in [0.3, 0.4) is 0 Å². The Morgan fingerprint density at radius 2 is 1.86 bits per heavy atom. The first-order chi connectivity index (χ1) is 13.8. The zero-order valence-electron chi connectivity index (χ0n) is 16.2. The summed E-state index contributed by atoms with van der Waals surface area (Å²) in [7, 11) is -3.75. The second-order valence-electron chi connectivity index (χ2n) is 7.07. The first-order valence-electron chi connectivity index (χ1n) is 9.42. The first-order valence-corrected chi connectivity index (χ1v) is 10.9. The Kier molecular flexibility index (Phi) is 6.71. The van der Waals surface area contributed by atoms with Gasteiger partial charge >= 0.3 is 5.97 Å². The van der Waals surface area contributed by atoms with Crippen LogP contribution in [-0.4, -0.2) is 44.9 Å². The Morgan fingerprint density at radius 1 is 1.17 bits per heavy atom. The van der Waals surface area contributed by atoms with Crippen LogP contribution in [0.1, 0.15) is 35.9 Å². The third-order valence-electron chi connectivity index (χ3n) is 4.88. The Bertz CT molecular complexity index is 930. The molecule has 29 heavy (non-hydrogen) atoms. The molecule has 1 N–H and O–H groups in total. The van der Waals surface area contributed by atoms with Crippen LogP contribution in [0.15, 0.2) is 52.0 Å². The lowest BCUT2D eigenvalue weighted by molar-refractivity contribution is -0.135. The molecule has 3 rings (SSSR count). The zero-order valence-corrected chi connectivity index (χ0v) is 17.0. The number of ether oxygens (including phenoxy) is 1. The fourth-order valence-electron chi connectivity index (χ4n) is 2.99. The summed E-state index contributed by atoms with van der Waals surface area (Å²) < 4.78 is 37.2. The Hall–Kier alpha value is -2.65. The number of amides is 1. The molecule has 2 aromatic rings. The van der Waals surface area contributed by atoms with E-state index in [9.17, 15) is 18.0 Å². The molecule has 1 aromatic heterocycles. The van der Waals surface area contributed by atoms with Gasteiger partial charge in [0.05, 0.1) is 23.3 Å². The fourth-order valence-corrected chi connectivity index (χ4v) is 3.99. The van der Waals surface area contributed by atoms with Crippen molar-refractivity contribution in [2.45, 2.75) is 31.2 Å². The van der Waals surface area contributed by atoms with E-state index in [0.717, 1.165) is 12.8 Å². The second kappa shape index (κ2) is 9.23. The van der Waals surface area contributed by atoms with Crippen LogP contribution in [0.4, 0.5) is 0 Å². The number of benzene rings is 1. The van der Waals surface area contributed by atoms with E-state index in [2.05, 4.69) is 11.6 Å². The van der Waals surface area contributed by atoms with Gasteiger partial charge in [-0.25, -0.2) is 17.9 Å². The number of esters is 1. The predicted octanol–water partition coefficient (Wildman–Crippen LogP) is 2.17. The third-order valence-corrected chi connectivity index (χ3v) is 6.30. The molecule has 1 fully saturated rings. The van der Waals surface area contributed by atoms with E-state index in [-0.39, 0.29) is 29.5 Å². The highest BCUT2D eigenvalue weighted by Crippen LogP contribution is 2.16. The molecule has 9 heteroatoms. The average molecular weight is 420 g/mol. The van der Waals surface area contributed by atoms with Crippen molar-refractivity contribution in [1.29, 1.82) is 0 Å². The van der Waals surface area contributed by atoms with Crippen molar-refractivity contribution in [1.82, 2.24) is 9.62 Å². The summed E-state index contributed by atoms with van der Waals surface area (Å²) in [5.74, 6) is 0.203. The van der Waals surface area contributed by atoms with Crippen LogP contribution in [-0.2, 0) is 26.1 Å². The van der Waals surface area contributed by atoms with Gasteiger partial charge in [0.2, 0.25) is 10.0 Å². The normalized spacial score (nSPS) is 15.3. The number of sulfonamides is 1. The highest BCUT2D eigenvalue weighted by Gasteiger charge is 2.22. The van der Waals surface area contributed by atoms with Crippen LogP contribution >= 0.6 is 0 Å². The number of carbonyl (C=O) groups is 2. The molecule has 1 aromatic carbocycles. The lowest BCUT2D eigenvalue weighted by Gasteiger charge is -2.30. The predicted molar refractivity (Wildman–Crippen MR) is 104 cm³/mol. The molecular formula is C20H24N2O6S. The van der Waals surface area contributed by atoms with Gasteiger partial charge in [0.25, 0.3) is 5.91 Å². The molecule has 2 heterocycles. The number of furan rings is 1. The standard InChI is InChI=1S/C20H24N2O6S/c1-15-8-10-22(11-9-15)19(23)14-28-20(24)16-4-6-18(7-5-16)29(25,26)21-13-17-3-2-12-27-17/h2-7,12,15,21H,8-11,13-14H2,1H3. The molecule has 0 saturated carbocycles. The summed E-state index contributed by atoms with van der Waals surface area (Å²) in [6.45, 7) is 3.21. The van der Waals surface area contributed by atoms with E-state index < -0.39 is 16.0 Å². The Morgan fingerprint density at radius 3 is 2.48 bits per heavy atom. The van der Waals surface area contributed by atoms with Crippen LogP contribution in [0, 0.1) is 5.92 Å². The fraction of sp³-hybridized carbons (Fsp3) is 0.400. The number of likely N-dealkylation sites (tertiary alicyclic amines) is 1. The Balaban J connectivity index is 1.52. The summed E-state index contributed by atoms with van der Waals surface area (Å²) in [6, 6.07) is 8.67. The number of hydrogen-bond donors (Lipinski definition) is 1. The molecule has 0 aliphatic carbocycles. The summed E-state index contributed by atoms with van der Waals surface area (Å²) in [5, 5.41) is 0. The second-order valence-corrected chi connectivity index (χ2v) is 8.83. The van der Waals surface area contributed by atoms with Gasteiger partial charge in [-0.3, -0.25) is 4.79 Å². The SMILES string of the molecule is CC1CCN(C(=O)COC(=O)c2ccc(S(=O)(=O)NCc3ccco3)cc2)CC1. The third kappa shape index (κ3) is 5.68. The van der Waals surface area contributed by atoms with Gasteiger partial charge in [-0.2, -0.15) is 0 Å². The lowest BCUT2D eigenvalue weighted by atomic mass is 9.99. The highest BCUT2D eigenvalue weighted by atomic mass is 32.2. The molecule has 0 atom stereocenters. The number of nitrogens with zero attached hydrogens (tertiary/aromatic N) is 1. The van der Waals surface area contributed by atoms with Crippen LogP contribution in [0.2, 0.25) is 0 Å². The van der Waals surface area contributed by atoms with Crippen molar-refractivity contribution in [3.63, 3.8) is 0 Å². The number of hydrogen-bond acceptors (Lipinski definition) is 6. The monoisotopic (exact) mass is 420 g/mol. The quantitative estimate of drug-likeness (QED) is 0.688. The van der Waals surface area contributed by atoms with Crippen molar-refractivity contribution in [3.8, 4) is 0 Å². The van der Waals surface area contributed by atoms with Gasteiger partial charge in [0.15, 0.2) is 6.61 Å². The molecule has 1 aliphatic rings. The molecule has 0 unspecified atom stereocenters. The molecule has 0 bridgehead atoms. The summed E-state index contributed by atoms with van der Waals surface area (Å²) in [6.07, 6.45) is 3.35. The average Bonchev–Trinajstić information content (AvgIpc) is 3.25. The van der Waals surface area contributed by atoms with Gasteiger partial charge in [0, 0.05) is 13.1 Å². The zero-order chi connectivity index (χ0) is 20.9. The van der Waals surface area contributed by atoms with Gasteiger partial charge in [-0.1, -0.05) is 6.92 Å². The van der Waals surface area contributed by atoms with E-state index in [1.807, 2.05) is 0 Å². The van der Waals surface area contributed by atoms with E-state index in [4.69, 9.17) is 9.15 Å². The number of piperidine rings is 1. The summed E-state index contributed by atoms with van der Waals surface area (Å²) in [4.78, 5) is 26.0. The molecular weight excluding hydrogens is 396 g/mol. The maximum Gasteiger partial charge on any atom is 0.338 e. The van der Waals surface area contributed by atoms with Crippen molar-refractivity contribution < 1.29 is 27.2 Å². The minimum absolute atomic E-state index is 0.0131. The van der Waals surface area contributed by atoms with Crippen LogP contribution < -0.4 is 4.72 Å². The maximum absolute atomic E-state index is 12.3. The first kappa shape index (κ1) is 21.1. The van der Waals surface area contributed by atoms with Crippen molar-refractivity contribution >= 4 is 21.9 Å². The highest BCUT2D eigenvalue weighted by molar-refractivity contribution is 7.89. The molecule has 1 aliphatic heterocycles. The maximum atomic E-state index is 12.3. The molecule has 1 saturated heterocycles. The van der Waals surface area contributed by atoms with E-state index >= 15 is 0 Å². The minimum atomic E-state index is -3.75. The molecule has 156 valence electrons. The van der Waals surface area contributed by atoms with Crippen molar-refractivity contribution in [2.24, 2.45) is 5.92 Å². The van der Waals surface area contributed by atoms with Gasteiger partial charge < -0.3 is 14.1 Å². The lowest BCUT2D eigenvalue weighted by Crippen LogP contribution is -2.40. The number of carbonyl (C=O) groups excluding carboxylic acids is 2. The summed E-state index contributed by atoms with van der Waals surface area (Å²) >= 11 is 0. The largest absolute Gasteiger partial charge is 0.468 e. The molecule has 1 amide bonds.